The summed E-state index contributed by atoms with van der Waals surface area (Å²) < 4.78 is 7.73. The standard InChI is InChI=1S/C19H20ClN3O2/c1-3-23-17-7-5-4-6-16(17)22-18(23)12-21-19(24)13(2)25-15-10-8-14(20)9-11-15/h4-11,13H,3,12H2,1-2H3,(H,21,24)/t13-/m1/s1. The largest absolute Gasteiger partial charge is 0.481 e. The summed E-state index contributed by atoms with van der Waals surface area (Å²) in [6.07, 6.45) is -0.611. The van der Waals surface area contributed by atoms with Crippen molar-refractivity contribution >= 4 is 28.5 Å². The summed E-state index contributed by atoms with van der Waals surface area (Å²) in [7, 11) is 0. The molecule has 130 valence electrons. The highest BCUT2D eigenvalue weighted by molar-refractivity contribution is 6.30. The number of nitrogens with zero attached hydrogens (tertiary/aromatic N) is 2. The van der Waals surface area contributed by atoms with Crippen LogP contribution in [-0.2, 0) is 17.9 Å². The summed E-state index contributed by atoms with van der Waals surface area (Å²) in [5.41, 5.74) is 2.00. The lowest BCUT2D eigenvalue weighted by Gasteiger charge is -2.15. The van der Waals surface area contributed by atoms with Gasteiger partial charge in [-0.1, -0.05) is 23.7 Å². The van der Waals surface area contributed by atoms with Crippen molar-refractivity contribution in [2.24, 2.45) is 0 Å². The van der Waals surface area contributed by atoms with E-state index in [1.165, 1.54) is 0 Å². The highest BCUT2D eigenvalue weighted by atomic mass is 35.5. The van der Waals surface area contributed by atoms with E-state index in [1.807, 2.05) is 24.3 Å². The Morgan fingerprint density at radius 2 is 1.96 bits per heavy atom. The van der Waals surface area contributed by atoms with Crippen LogP contribution in [0.15, 0.2) is 48.5 Å². The number of hydrogen-bond acceptors (Lipinski definition) is 3. The predicted molar refractivity (Wildman–Crippen MR) is 98.8 cm³/mol. The second kappa shape index (κ2) is 7.57. The molecule has 0 bridgehead atoms. The molecule has 3 rings (SSSR count). The van der Waals surface area contributed by atoms with Crippen LogP contribution in [0, 0.1) is 0 Å². The van der Waals surface area contributed by atoms with Gasteiger partial charge < -0.3 is 14.6 Å². The maximum Gasteiger partial charge on any atom is 0.261 e. The van der Waals surface area contributed by atoms with Crippen LogP contribution in [0.25, 0.3) is 11.0 Å². The highest BCUT2D eigenvalue weighted by Gasteiger charge is 2.16. The number of imidazole rings is 1. The van der Waals surface area contributed by atoms with Crippen LogP contribution in [0.3, 0.4) is 0 Å². The van der Waals surface area contributed by atoms with Gasteiger partial charge in [-0.25, -0.2) is 4.98 Å². The molecule has 25 heavy (non-hydrogen) atoms. The molecule has 0 spiro atoms. The Hall–Kier alpha value is -2.53. The van der Waals surface area contributed by atoms with Crippen molar-refractivity contribution in [3.63, 3.8) is 0 Å². The predicted octanol–water partition coefficient (Wildman–Crippen LogP) is 3.79. The number of halogens is 1. The van der Waals surface area contributed by atoms with Gasteiger partial charge in [-0.05, 0) is 50.2 Å². The van der Waals surface area contributed by atoms with Crippen LogP contribution < -0.4 is 10.1 Å². The average Bonchev–Trinajstić information content (AvgIpc) is 2.99. The monoisotopic (exact) mass is 357 g/mol. The summed E-state index contributed by atoms with van der Waals surface area (Å²) in [6.45, 7) is 4.93. The first-order valence-corrected chi connectivity index (χ1v) is 8.60. The number of fused-ring (bicyclic) bond motifs is 1. The number of para-hydroxylation sites is 2. The maximum absolute atomic E-state index is 12.3. The van der Waals surface area contributed by atoms with Crippen LogP contribution in [0.5, 0.6) is 5.75 Å². The fourth-order valence-corrected chi connectivity index (χ4v) is 2.82. The lowest BCUT2D eigenvalue weighted by atomic mass is 10.3. The van der Waals surface area contributed by atoms with Gasteiger partial charge in [0.15, 0.2) is 6.10 Å². The second-order valence-corrected chi connectivity index (χ2v) is 6.13. The third-order valence-electron chi connectivity index (χ3n) is 3.97. The maximum atomic E-state index is 12.3. The Morgan fingerprint density at radius 1 is 1.24 bits per heavy atom. The van der Waals surface area contributed by atoms with Gasteiger partial charge in [0.05, 0.1) is 17.6 Å². The SMILES string of the molecule is CCn1c(CNC(=O)[C@@H](C)Oc2ccc(Cl)cc2)nc2ccccc21. The molecule has 1 heterocycles. The van der Waals surface area contributed by atoms with E-state index in [0.717, 1.165) is 23.4 Å². The number of rotatable bonds is 6. The smallest absolute Gasteiger partial charge is 0.261 e. The summed E-state index contributed by atoms with van der Waals surface area (Å²) in [4.78, 5) is 16.9. The van der Waals surface area contributed by atoms with E-state index in [4.69, 9.17) is 16.3 Å². The van der Waals surface area contributed by atoms with Crippen molar-refractivity contribution < 1.29 is 9.53 Å². The van der Waals surface area contributed by atoms with Gasteiger partial charge in [0, 0.05) is 11.6 Å². The summed E-state index contributed by atoms with van der Waals surface area (Å²) in [5, 5.41) is 3.52. The molecule has 0 saturated heterocycles. The van der Waals surface area contributed by atoms with Crippen molar-refractivity contribution in [3.05, 3.63) is 59.4 Å². The average molecular weight is 358 g/mol. The Kier molecular flexibility index (Phi) is 5.24. The molecule has 2 aromatic carbocycles. The van der Waals surface area contributed by atoms with Crippen molar-refractivity contribution in [1.82, 2.24) is 14.9 Å². The fraction of sp³-hybridized carbons (Fsp3) is 0.263. The Morgan fingerprint density at radius 3 is 2.68 bits per heavy atom. The zero-order valence-corrected chi connectivity index (χ0v) is 15.0. The van der Waals surface area contributed by atoms with Gasteiger partial charge in [-0.3, -0.25) is 4.79 Å². The van der Waals surface area contributed by atoms with Crippen LogP contribution in [0.2, 0.25) is 5.02 Å². The third kappa shape index (κ3) is 3.94. The summed E-state index contributed by atoms with van der Waals surface area (Å²) in [6, 6.07) is 14.9. The lowest BCUT2D eigenvalue weighted by Crippen LogP contribution is -2.36. The number of carbonyl (C=O) groups is 1. The molecule has 0 unspecified atom stereocenters. The first-order chi connectivity index (χ1) is 12.1. The number of benzene rings is 2. The number of nitrogens with one attached hydrogen (secondary N) is 1. The molecule has 0 radical (unpaired) electrons. The van der Waals surface area contributed by atoms with E-state index in [2.05, 4.69) is 21.8 Å². The van der Waals surface area contributed by atoms with Gasteiger partial charge in [-0.15, -0.1) is 0 Å². The number of hydrogen-bond donors (Lipinski definition) is 1. The molecule has 0 saturated carbocycles. The van der Waals surface area contributed by atoms with Gasteiger partial charge in [0.2, 0.25) is 0 Å². The molecule has 1 N–H and O–H groups in total. The van der Waals surface area contributed by atoms with Crippen molar-refractivity contribution in [1.29, 1.82) is 0 Å². The minimum absolute atomic E-state index is 0.190. The first kappa shape index (κ1) is 17.3. The minimum atomic E-state index is -0.611. The van der Waals surface area contributed by atoms with E-state index >= 15 is 0 Å². The topological polar surface area (TPSA) is 56.2 Å². The van der Waals surface area contributed by atoms with Gasteiger partial charge in [-0.2, -0.15) is 0 Å². The molecular weight excluding hydrogens is 338 g/mol. The quantitative estimate of drug-likeness (QED) is 0.730. The van der Waals surface area contributed by atoms with Gasteiger partial charge >= 0.3 is 0 Å². The molecule has 1 atom stereocenters. The number of aromatic nitrogens is 2. The van der Waals surface area contributed by atoms with Crippen LogP contribution in [-0.4, -0.2) is 21.6 Å². The van der Waals surface area contributed by atoms with Crippen LogP contribution in [0.1, 0.15) is 19.7 Å². The molecule has 0 fully saturated rings. The molecule has 0 aliphatic heterocycles. The minimum Gasteiger partial charge on any atom is -0.481 e. The lowest BCUT2D eigenvalue weighted by molar-refractivity contribution is -0.127. The summed E-state index contributed by atoms with van der Waals surface area (Å²) in [5.74, 6) is 1.24. The number of amides is 1. The van der Waals surface area contributed by atoms with E-state index in [1.54, 1.807) is 31.2 Å². The second-order valence-electron chi connectivity index (χ2n) is 5.69. The third-order valence-corrected chi connectivity index (χ3v) is 4.22. The molecule has 1 amide bonds. The summed E-state index contributed by atoms with van der Waals surface area (Å²) >= 11 is 5.85. The molecule has 5 nitrogen and oxygen atoms in total. The molecule has 6 heteroatoms. The van der Waals surface area contributed by atoms with E-state index in [-0.39, 0.29) is 5.91 Å². The number of carbonyl (C=O) groups excluding carboxylic acids is 1. The normalized spacial score (nSPS) is 12.1. The van der Waals surface area contributed by atoms with E-state index in [9.17, 15) is 4.79 Å². The Bertz CT molecular complexity index is 874. The zero-order chi connectivity index (χ0) is 17.8. The fourth-order valence-electron chi connectivity index (χ4n) is 2.69. The number of ether oxygens (including phenoxy) is 1. The number of aryl methyl sites for hydroxylation is 1. The van der Waals surface area contributed by atoms with Crippen molar-refractivity contribution in [2.75, 3.05) is 0 Å². The molecular formula is C19H20ClN3O2. The van der Waals surface area contributed by atoms with Crippen molar-refractivity contribution in [3.8, 4) is 5.75 Å². The van der Waals surface area contributed by atoms with Crippen LogP contribution in [0.4, 0.5) is 0 Å². The Balaban J connectivity index is 1.64. The van der Waals surface area contributed by atoms with Gasteiger partial charge in [0.1, 0.15) is 11.6 Å². The zero-order valence-electron chi connectivity index (χ0n) is 14.2. The van der Waals surface area contributed by atoms with Crippen molar-refractivity contribution in [2.45, 2.75) is 33.0 Å². The van der Waals surface area contributed by atoms with Gasteiger partial charge in [0.25, 0.3) is 5.91 Å². The molecule has 0 aliphatic rings. The molecule has 1 aromatic heterocycles. The molecule has 3 aromatic rings. The Labute approximate surface area is 151 Å². The highest BCUT2D eigenvalue weighted by Crippen LogP contribution is 2.17. The van der Waals surface area contributed by atoms with E-state index < -0.39 is 6.10 Å². The molecule has 0 aliphatic carbocycles. The van der Waals surface area contributed by atoms with Crippen LogP contribution >= 0.6 is 11.6 Å². The van der Waals surface area contributed by atoms with E-state index in [0.29, 0.717) is 17.3 Å². The first-order valence-electron chi connectivity index (χ1n) is 8.22.